The maximum atomic E-state index is 11.7. The summed E-state index contributed by atoms with van der Waals surface area (Å²) in [6, 6.07) is 6.41. The van der Waals surface area contributed by atoms with E-state index in [0.29, 0.717) is 26.9 Å². The summed E-state index contributed by atoms with van der Waals surface area (Å²) in [6.45, 7) is -0.0899. The molecule has 1 aromatic heterocycles. The van der Waals surface area contributed by atoms with E-state index in [0.717, 1.165) is 11.3 Å². The first-order valence-corrected chi connectivity index (χ1v) is 7.62. The molecule has 0 aliphatic carbocycles. The predicted octanol–water partition coefficient (Wildman–Crippen LogP) is 3.75. The average Bonchev–Trinajstić information content (AvgIpc) is 2.81. The van der Waals surface area contributed by atoms with Gasteiger partial charge in [-0.2, -0.15) is 0 Å². The standard InChI is InChI=1S/C13H7Cl2N3O3S/c14-8-3-1-2-6(11(8)15)12-7-4-10(18(20)21)22-13(7)17-9(19)5-16-12/h1-4H,5H2,(H,17,19). The van der Waals surface area contributed by atoms with Gasteiger partial charge >= 0.3 is 5.00 Å². The zero-order valence-electron chi connectivity index (χ0n) is 10.8. The lowest BCUT2D eigenvalue weighted by Gasteiger charge is -2.08. The van der Waals surface area contributed by atoms with Gasteiger partial charge in [-0.1, -0.05) is 35.3 Å². The van der Waals surface area contributed by atoms with Gasteiger partial charge in [-0.3, -0.25) is 19.9 Å². The summed E-state index contributed by atoms with van der Waals surface area (Å²) in [5, 5.41) is 14.5. The molecule has 0 unspecified atom stereocenters. The molecule has 0 saturated heterocycles. The molecule has 0 saturated carbocycles. The number of aliphatic imine (C=N–C) groups is 1. The van der Waals surface area contributed by atoms with Gasteiger partial charge in [-0.25, -0.2) is 0 Å². The second kappa shape index (κ2) is 5.68. The summed E-state index contributed by atoms with van der Waals surface area (Å²) >= 11 is 13.1. The van der Waals surface area contributed by atoms with Crippen LogP contribution in [0.2, 0.25) is 10.0 Å². The van der Waals surface area contributed by atoms with Crippen LogP contribution in [0, 0.1) is 10.1 Å². The zero-order chi connectivity index (χ0) is 15.9. The molecule has 112 valence electrons. The lowest BCUT2D eigenvalue weighted by atomic mass is 10.0. The minimum absolute atomic E-state index is 0.0851. The number of fused-ring (bicyclic) bond motifs is 1. The number of anilines is 1. The van der Waals surface area contributed by atoms with Crippen molar-refractivity contribution in [3.05, 3.63) is 55.6 Å². The molecular weight excluding hydrogens is 349 g/mol. The first-order valence-electron chi connectivity index (χ1n) is 6.04. The molecule has 1 amide bonds. The molecule has 0 radical (unpaired) electrons. The number of thiophene rings is 1. The molecule has 1 aromatic carbocycles. The van der Waals surface area contributed by atoms with Gasteiger partial charge in [0.2, 0.25) is 5.91 Å². The summed E-state index contributed by atoms with van der Waals surface area (Å²) < 4.78 is 0. The van der Waals surface area contributed by atoms with Crippen LogP contribution >= 0.6 is 34.5 Å². The van der Waals surface area contributed by atoms with Gasteiger partial charge in [0, 0.05) is 17.2 Å². The number of nitro groups is 1. The average molecular weight is 356 g/mol. The molecule has 9 heteroatoms. The van der Waals surface area contributed by atoms with Gasteiger partial charge < -0.3 is 5.32 Å². The van der Waals surface area contributed by atoms with E-state index in [1.165, 1.54) is 6.07 Å². The van der Waals surface area contributed by atoms with Gasteiger partial charge in [0.1, 0.15) is 11.5 Å². The summed E-state index contributed by atoms with van der Waals surface area (Å²) in [5.74, 6) is -0.342. The van der Waals surface area contributed by atoms with Crippen molar-refractivity contribution in [3.8, 4) is 0 Å². The van der Waals surface area contributed by atoms with Crippen LogP contribution in [0.4, 0.5) is 10.0 Å². The minimum Gasteiger partial charge on any atom is -0.315 e. The molecule has 3 rings (SSSR count). The SMILES string of the molecule is O=C1CN=C(c2cccc(Cl)c2Cl)c2cc([N+](=O)[O-])sc2N1. The summed E-state index contributed by atoms with van der Waals surface area (Å²) in [7, 11) is 0. The number of nitrogens with zero attached hydrogens (tertiary/aromatic N) is 2. The number of hydrogen-bond donors (Lipinski definition) is 1. The summed E-state index contributed by atoms with van der Waals surface area (Å²) in [6.07, 6.45) is 0. The number of nitrogens with one attached hydrogen (secondary N) is 1. The molecule has 0 bridgehead atoms. The fourth-order valence-corrected chi connectivity index (χ4v) is 3.34. The smallest absolute Gasteiger partial charge is 0.315 e. The number of carbonyl (C=O) groups is 1. The van der Waals surface area contributed by atoms with Crippen LogP contribution in [0.3, 0.4) is 0 Å². The van der Waals surface area contributed by atoms with Crippen molar-refractivity contribution < 1.29 is 9.72 Å². The Labute approximate surface area is 138 Å². The van der Waals surface area contributed by atoms with Crippen molar-refractivity contribution >= 4 is 56.2 Å². The highest BCUT2D eigenvalue weighted by Gasteiger charge is 2.26. The van der Waals surface area contributed by atoms with Crippen LogP contribution in [-0.2, 0) is 4.79 Å². The molecule has 1 N–H and O–H groups in total. The second-order valence-corrected chi connectivity index (χ2v) is 6.21. The van der Waals surface area contributed by atoms with E-state index in [9.17, 15) is 14.9 Å². The van der Waals surface area contributed by atoms with Crippen LogP contribution in [0.15, 0.2) is 29.3 Å². The van der Waals surface area contributed by atoms with E-state index in [-0.39, 0.29) is 22.5 Å². The third kappa shape index (κ3) is 2.58. The number of carbonyl (C=O) groups excluding carboxylic acids is 1. The fraction of sp³-hybridized carbons (Fsp3) is 0.0769. The van der Waals surface area contributed by atoms with Crippen LogP contribution in [0.25, 0.3) is 0 Å². The van der Waals surface area contributed by atoms with Gasteiger partial charge in [0.15, 0.2) is 0 Å². The molecular formula is C13H7Cl2N3O3S. The lowest BCUT2D eigenvalue weighted by Crippen LogP contribution is -2.12. The minimum atomic E-state index is -0.511. The van der Waals surface area contributed by atoms with E-state index in [4.69, 9.17) is 23.2 Å². The van der Waals surface area contributed by atoms with E-state index in [1.807, 2.05) is 0 Å². The zero-order valence-corrected chi connectivity index (χ0v) is 13.1. The van der Waals surface area contributed by atoms with Crippen molar-refractivity contribution in [3.63, 3.8) is 0 Å². The fourth-order valence-electron chi connectivity index (χ4n) is 2.06. The quantitative estimate of drug-likeness (QED) is 0.657. The molecule has 2 heterocycles. The number of amides is 1. The van der Waals surface area contributed by atoms with Gasteiger partial charge in [0.25, 0.3) is 0 Å². The van der Waals surface area contributed by atoms with E-state index in [2.05, 4.69) is 10.3 Å². The Morgan fingerprint density at radius 3 is 2.82 bits per heavy atom. The Hall–Kier alpha value is -1.96. The highest BCUT2D eigenvalue weighted by molar-refractivity contribution is 7.19. The number of benzene rings is 1. The Bertz CT molecular complexity index is 832. The Morgan fingerprint density at radius 1 is 1.32 bits per heavy atom. The first-order chi connectivity index (χ1) is 10.5. The maximum Gasteiger partial charge on any atom is 0.326 e. The molecule has 6 nitrogen and oxygen atoms in total. The van der Waals surface area contributed by atoms with E-state index >= 15 is 0 Å². The second-order valence-electron chi connectivity index (χ2n) is 4.40. The molecule has 0 atom stereocenters. The Morgan fingerprint density at radius 2 is 2.09 bits per heavy atom. The van der Waals surface area contributed by atoms with Crippen molar-refractivity contribution in [2.24, 2.45) is 4.99 Å². The summed E-state index contributed by atoms with van der Waals surface area (Å²) in [5.41, 5.74) is 1.40. The topological polar surface area (TPSA) is 84.6 Å². The molecule has 2 aromatic rings. The third-order valence-corrected chi connectivity index (χ3v) is 4.82. The van der Waals surface area contributed by atoms with Crippen LogP contribution in [-0.4, -0.2) is 23.1 Å². The normalized spacial score (nSPS) is 13.9. The lowest BCUT2D eigenvalue weighted by molar-refractivity contribution is -0.380. The number of halogens is 2. The predicted molar refractivity (Wildman–Crippen MR) is 86.6 cm³/mol. The summed E-state index contributed by atoms with van der Waals surface area (Å²) in [4.78, 5) is 26.4. The monoisotopic (exact) mass is 355 g/mol. The largest absolute Gasteiger partial charge is 0.326 e. The van der Waals surface area contributed by atoms with Gasteiger partial charge in [0.05, 0.1) is 20.7 Å². The molecule has 0 fully saturated rings. The Balaban J connectivity index is 2.22. The first kappa shape index (κ1) is 15.0. The molecule has 1 aliphatic rings. The molecule has 1 aliphatic heterocycles. The highest BCUT2D eigenvalue weighted by Crippen LogP contribution is 2.38. The molecule has 0 spiro atoms. The van der Waals surface area contributed by atoms with Crippen LogP contribution in [0.5, 0.6) is 0 Å². The Kier molecular flexibility index (Phi) is 3.86. The third-order valence-electron chi connectivity index (χ3n) is 2.99. The van der Waals surface area contributed by atoms with Crippen molar-refractivity contribution in [2.45, 2.75) is 0 Å². The number of hydrogen-bond acceptors (Lipinski definition) is 5. The van der Waals surface area contributed by atoms with Crippen LogP contribution in [0.1, 0.15) is 11.1 Å². The van der Waals surface area contributed by atoms with Crippen molar-refractivity contribution in [1.82, 2.24) is 0 Å². The number of rotatable bonds is 2. The van der Waals surface area contributed by atoms with Crippen molar-refractivity contribution in [1.29, 1.82) is 0 Å². The maximum absolute atomic E-state index is 11.7. The molecule has 22 heavy (non-hydrogen) atoms. The van der Waals surface area contributed by atoms with E-state index < -0.39 is 4.92 Å². The van der Waals surface area contributed by atoms with Crippen LogP contribution < -0.4 is 5.32 Å². The van der Waals surface area contributed by atoms with E-state index in [1.54, 1.807) is 18.2 Å². The van der Waals surface area contributed by atoms with Crippen molar-refractivity contribution in [2.75, 3.05) is 11.9 Å². The van der Waals surface area contributed by atoms with Gasteiger partial charge in [-0.05, 0) is 17.4 Å². The van der Waals surface area contributed by atoms with Gasteiger partial charge in [-0.15, -0.1) is 0 Å². The highest BCUT2D eigenvalue weighted by atomic mass is 35.5.